The number of aliphatic hydroxyl groups excluding tert-OH is 1. The number of hydrogen-bond donors (Lipinski definition) is 2. The number of nitrogens with one attached hydrogen (secondary N) is 1. The molecular weight excluding hydrogens is 264 g/mol. The maximum Gasteiger partial charge on any atom is 0.264 e. The molecule has 0 radical (unpaired) electrons. The van der Waals surface area contributed by atoms with Gasteiger partial charge in [0.25, 0.3) is 5.91 Å². The average molecular weight is 282 g/mol. The zero-order valence-electron chi connectivity index (χ0n) is 10.8. The topological polar surface area (TPSA) is 69.6 Å². The summed E-state index contributed by atoms with van der Waals surface area (Å²) in [6.45, 7) is 0.642. The number of thiophene rings is 1. The van der Waals surface area contributed by atoms with E-state index in [2.05, 4.69) is 5.32 Å². The van der Waals surface area contributed by atoms with Crippen LogP contribution in [0.15, 0.2) is 17.5 Å². The van der Waals surface area contributed by atoms with Crippen LogP contribution in [0, 0.1) is 5.92 Å². The van der Waals surface area contributed by atoms with Gasteiger partial charge in [0.05, 0.1) is 17.5 Å². The van der Waals surface area contributed by atoms with Crippen LogP contribution < -0.4 is 5.32 Å². The predicted octanol–water partition coefficient (Wildman–Crippen LogP) is 0.707. The minimum absolute atomic E-state index is 0.0615. The van der Waals surface area contributed by atoms with E-state index in [1.165, 1.54) is 16.2 Å². The second kappa shape index (κ2) is 6.16. The molecule has 2 N–H and O–H groups in total. The number of hydrogen-bond acceptors (Lipinski definition) is 4. The molecule has 0 unspecified atom stereocenters. The fraction of sp³-hybridized carbons (Fsp3) is 0.538. The van der Waals surface area contributed by atoms with E-state index in [0.717, 1.165) is 12.8 Å². The summed E-state index contributed by atoms with van der Waals surface area (Å²) in [5.74, 6) is 0.0789. The van der Waals surface area contributed by atoms with Crippen molar-refractivity contribution in [1.29, 1.82) is 0 Å². The third-order valence-corrected chi connectivity index (χ3v) is 4.12. The molecule has 104 valence electrons. The van der Waals surface area contributed by atoms with Crippen LogP contribution in [0.4, 0.5) is 0 Å². The van der Waals surface area contributed by atoms with E-state index in [1.807, 2.05) is 11.4 Å². The maximum atomic E-state index is 11.9. The fourth-order valence-corrected chi connectivity index (χ4v) is 2.77. The summed E-state index contributed by atoms with van der Waals surface area (Å²) in [5, 5.41) is 13.8. The molecule has 0 saturated heterocycles. The number of likely N-dealkylation sites (N-methyl/N-ethyl adjacent to an activating group) is 1. The zero-order valence-corrected chi connectivity index (χ0v) is 11.7. The quantitative estimate of drug-likeness (QED) is 0.835. The Kier molecular flexibility index (Phi) is 4.55. The highest BCUT2D eigenvalue weighted by atomic mass is 32.1. The van der Waals surface area contributed by atoms with Crippen molar-refractivity contribution in [3.63, 3.8) is 0 Å². The molecule has 0 atom stereocenters. The monoisotopic (exact) mass is 282 g/mol. The molecule has 1 aliphatic rings. The molecule has 1 aromatic heterocycles. The summed E-state index contributed by atoms with van der Waals surface area (Å²) in [7, 11) is 1.62. The minimum Gasteiger partial charge on any atom is -0.393 e. The van der Waals surface area contributed by atoms with Crippen molar-refractivity contribution in [3.05, 3.63) is 22.4 Å². The highest BCUT2D eigenvalue weighted by molar-refractivity contribution is 7.12. The molecule has 0 spiro atoms. The van der Waals surface area contributed by atoms with Crippen LogP contribution in [-0.4, -0.2) is 48.1 Å². The lowest BCUT2D eigenvalue weighted by Gasteiger charge is -2.31. The van der Waals surface area contributed by atoms with Crippen LogP contribution >= 0.6 is 11.3 Å². The van der Waals surface area contributed by atoms with Crippen molar-refractivity contribution < 1.29 is 14.7 Å². The molecule has 19 heavy (non-hydrogen) atoms. The lowest BCUT2D eigenvalue weighted by Crippen LogP contribution is -2.42. The van der Waals surface area contributed by atoms with Gasteiger partial charge < -0.3 is 15.3 Å². The highest BCUT2D eigenvalue weighted by Crippen LogP contribution is 2.25. The van der Waals surface area contributed by atoms with Crippen LogP contribution in [0.3, 0.4) is 0 Å². The fourth-order valence-electron chi connectivity index (χ4n) is 2.06. The summed E-state index contributed by atoms with van der Waals surface area (Å²) in [6, 6.07) is 3.56. The Morgan fingerprint density at radius 3 is 2.84 bits per heavy atom. The smallest absolute Gasteiger partial charge is 0.264 e. The zero-order chi connectivity index (χ0) is 13.8. The van der Waals surface area contributed by atoms with Crippen molar-refractivity contribution in [1.82, 2.24) is 10.2 Å². The maximum absolute atomic E-state index is 11.9. The Hall–Kier alpha value is -1.40. The molecule has 0 bridgehead atoms. The third kappa shape index (κ3) is 3.78. The van der Waals surface area contributed by atoms with Gasteiger partial charge in [0.15, 0.2) is 0 Å². The van der Waals surface area contributed by atoms with Crippen LogP contribution in [0.1, 0.15) is 22.5 Å². The van der Waals surface area contributed by atoms with Gasteiger partial charge in [-0.3, -0.25) is 9.59 Å². The summed E-state index contributed by atoms with van der Waals surface area (Å²) < 4.78 is 0. The Morgan fingerprint density at radius 2 is 2.26 bits per heavy atom. The molecule has 1 aromatic rings. The van der Waals surface area contributed by atoms with Crippen LogP contribution in [0.2, 0.25) is 0 Å². The SMILES string of the molecule is CN(CC(=O)NCC1CC(O)C1)C(=O)c1cccs1. The van der Waals surface area contributed by atoms with E-state index in [1.54, 1.807) is 13.1 Å². The number of amides is 2. The lowest BCUT2D eigenvalue weighted by molar-refractivity contribution is -0.122. The molecule has 1 fully saturated rings. The predicted molar refractivity (Wildman–Crippen MR) is 73.0 cm³/mol. The lowest BCUT2D eigenvalue weighted by atomic mass is 9.82. The summed E-state index contributed by atoms with van der Waals surface area (Å²) in [6.07, 6.45) is 1.30. The van der Waals surface area contributed by atoms with E-state index < -0.39 is 0 Å². The molecule has 1 aliphatic carbocycles. The van der Waals surface area contributed by atoms with E-state index >= 15 is 0 Å². The minimum atomic E-state index is -0.204. The number of carbonyl (C=O) groups excluding carboxylic acids is 2. The summed E-state index contributed by atoms with van der Waals surface area (Å²) in [5.41, 5.74) is 0. The van der Waals surface area contributed by atoms with Gasteiger partial charge in [0.1, 0.15) is 0 Å². The number of carbonyl (C=O) groups is 2. The van der Waals surface area contributed by atoms with Crippen LogP contribution in [-0.2, 0) is 4.79 Å². The first-order valence-electron chi connectivity index (χ1n) is 6.30. The van der Waals surface area contributed by atoms with Gasteiger partial charge in [-0.2, -0.15) is 0 Å². The van der Waals surface area contributed by atoms with Crippen molar-refractivity contribution in [3.8, 4) is 0 Å². The molecule has 5 nitrogen and oxygen atoms in total. The van der Waals surface area contributed by atoms with Gasteiger partial charge in [-0.25, -0.2) is 0 Å². The first-order chi connectivity index (χ1) is 9.06. The Bertz CT molecular complexity index is 441. The number of aliphatic hydroxyl groups is 1. The molecule has 2 amide bonds. The van der Waals surface area contributed by atoms with E-state index in [4.69, 9.17) is 5.11 Å². The third-order valence-electron chi connectivity index (χ3n) is 3.26. The molecule has 1 heterocycles. The Labute approximate surface area is 116 Å². The molecule has 0 aromatic carbocycles. The number of nitrogens with zero attached hydrogens (tertiary/aromatic N) is 1. The van der Waals surface area contributed by atoms with Gasteiger partial charge in [-0.15, -0.1) is 11.3 Å². The Balaban J connectivity index is 1.71. The first kappa shape index (κ1) is 14.0. The van der Waals surface area contributed by atoms with Gasteiger partial charge in [-0.05, 0) is 30.2 Å². The van der Waals surface area contributed by atoms with Crippen LogP contribution in [0.5, 0.6) is 0 Å². The van der Waals surface area contributed by atoms with E-state index in [9.17, 15) is 9.59 Å². The Morgan fingerprint density at radius 1 is 1.53 bits per heavy atom. The van der Waals surface area contributed by atoms with E-state index in [-0.39, 0.29) is 24.5 Å². The van der Waals surface area contributed by atoms with Gasteiger partial charge in [0, 0.05) is 13.6 Å². The normalized spacial score (nSPS) is 21.6. The van der Waals surface area contributed by atoms with Crippen molar-refractivity contribution in [2.75, 3.05) is 20.1 Å². The molecule has 2 rings (SSSR count). The molecular formula is C13H18N2O3S. The highest BCUT2D eigenvalue weighted by Gasteiger charge is 2.27. The second-order valence-corrected chi connectivity index (χ2v) is 5.88. The second-order valence-electron chi connectivity index (χ2n) is 4.93. The first-order valence-corrected chi connectivity index (χ1v) is 7.18. The number of rotatable bonds is 5. The van der Waals surface area contributed by atoms with Gasteiger partial charge in [-0.1, -0.05) is 6.07 Å². The van der Waals surface area contributed by atoms with Crippen LogP contribution in [0.25, 0.3) is 0 Å². The van der Waals surface area contributed by atoms with Crippen molar-refractivity contribution >= 4 is 23.2 Å². The molecule has 0 aliphatic heterocycles. The van der Waals surface area contributed by atoms with Gasteiger partial charge in [0.2, 0.25) is 5.91 Å². The summed E-state index contributed by atoms with van der Waals surface area (Å²) in [4.78, 5) is 25.7. The average Bonchev–Trinajstić information content (AvgIpc) is 2.85. The van der Waals surface area contributed by atoms with Crippen molar-refractivity contribution in [2.24, 2.45) is 5.92 Å². The van der Waals surface area contributed by atoms with Crippen molar-refractivity contribution in [2.45, 2.75) is 18.9 Å². The largest absolute Gasteiger partial charge is 0.393 e. The molecule has 6 heteroatoms. The van der Waals surface area contributed by atoms with Gasteiger partial charge >= 0.3 is 0 Å². The molecule has 1 saturated carbocycles. The summed E-state index contributed by atoms with van der Waals surface area (Å²) >= 11 is 1.37. The standard InChI is InChI=1S/C13H18N2O3S/c1-15(13(18)11-3-2-4-19-11)8-12(17)14-7-9-5-10(16)6-9/h2-4,9-10,16H,5-8H2,1H3,(H,14,17). The van der Waals surface area contributed by atoms with E-state index in [0.29, 0.717) is 17.3 Å².